The van der Waals surface area contributed by atoms with Crippen LogP contribution in [0.5, 0.6) is 0 Å². The van der Waals surface area contributed by atoms with Crippen LogP contribution in [0.25, 0.3) is 0 Å². The fourth-order valence-corrected chi connectivity index (χ4v) is 6.35. The van der Waals surface area contributed by atoms with E-state index in [1.807, 2.05) is 60.7 Å². The van der Waals surface area contributed by atoms with Gasteiger partial charge in [0.1, 0.15) is 18.1 Å². The topological polar surface area (TPSA) is 106 Å². The number of imide groups is 1. The zero-order chi connectivity index (χ0) is 32.0. The number of esters is 1. The molecule has 2 amide bonds. The van der Waals surface area contributed by atoms with Crippen molar-refractivity contribution < 1.29 is 33.4 Å². The number of aryl methyl sites for hydroxylation is 1. The van der Waals surface area contributed by atoms with Gasteiger partial charge >= 0.3 is 12.1 Å². The van der Waals surface area contributed by atoms with Crippen molar-refractivity contribution in [1.29, 1.82) is 0 Å². The summed E-state index contributed by atoms with van der Waals surface area (Å²) in [6.07, 6.45) is 8.19. The summed E-state index contributed by atoms with van der Waals surface area (Å²) >= 11 is 3.62. The van der Waals surface area contributed by atoms with Gasteiger partial charge < -0.3 is 19.0 Å². The number of cyclic esters (lactones) is 1. The minimum absolute atomic E-state index is 0.0921. The molecule has 0 spiro atoms. The second kappa shape index (κ2) is 17.9. The highest BCUT2D eigenvalue weighted by atomic mass is 79.9. The highest BCUT2D eigenvalue weighted by Gasteiger charge is 2.45. The Hall–Kier alpha value is -3.43. The first-order valence-electron chi connectivity index (χ1n) is 16.0. The molecule has 1 N–H and O–H groups in total. The van der Waals surface area contributed by atoms with Crippen molar-refractivity contribution in [1.82, 2.24) is 4.90 Å². The van der Waals surface area contributed by atoms with Gasteiger partial charge in [0, 0.05) is 20.0 Å². The molecule has 0 aliphatic carbocycles. The first-order chi connectivity index (χ1) is 21.9. The van der Waals surface area contributed by atoms with Gasteiger partial charge in [-0.2, -0.15) is 0 Å². The van der Waals surface area contributed by atoms with Gasteiger partial charge in [-0.1, -0.05) is 99.2 Å². The number of ether oxygens (including phenoxy) is 2. The third kappa shape index (κ3) is 10.3. The van der Waals surface area contributed by atoms with Crippen molar-refractivity contribution in [2.24, 2.45) is 5.92 Å². The number of rotatable bonds is 18. The molecule has 1 aliphatic heterocycles. The van der Waals surface area contributed by atoms with Crippen molar-refractivity contribution in [3.05, 3.63) is 93.9 Å². The van der Waals surface area contributed by atoms with E-state index in [1.165, 1.54) is 18.2 Å². The lowest BCUT2D eigenvalue weighted by molar-refractivity contribution is -0.155. The molecule has 8 nitrogen and oxygen atoms in total. The van der Waals surface area contributed by atoms with Gasteiger partial charge in [-0.25, -0.2) is 9.69 Å². The molecule has 242 valence electrons. The number of unbranched alkanes of at least 4 members (excludes halogenated alkanes) is 7. The van der Waals surface area contributed by atoms with Gasteiger partial charge in [0.05, 0.1) is 16.4 Å². The van der Waals surface area contributed by atoms with E-state index in [0.717, 1.165) is 66.3 Å². The number of furan rings is 1. The standard InChI is InChI=1S/C36H44BrNO7/c1-26(40)44-34(33-24-31(37)32(45-33)20-14-6-4-2-3-5-7-15-21-39)30(23-28-18-12-9-13-19-28)35(41)38-29(25-43-36(38)42)22-27-16-10-8-11-17-27/h8-13,16-19,24,29-30,34,39H,2-7,14-15,20-23,25H2,1H3/t29-,30-,34-/m0/s1. The van der Waals surface area contributed by atoms with Gasteiger partial charge in [-0.3, -0.25) is 9.59 Å². The lowest BCUT2D eigenvalue weighted by Gasteiger charge is -2.29. The third-order valence-electron chi connectivity index (χ3n) is 8.16. The number of hydrogen-bond donors (Lipinski definition) is 1. The molecular formula is C36H44BrNO7. The predicted molar refractivity (Wildman–Crippen MR) is 174 cm³/mol. The first-order valence-corrected chi connectivity index (χ1v) is 16.8. The Balaban J connectivity index is 1.53. The molecule has 9 heteroatoms. The molecule has 2 heterocycles. The highest BCUT2D eigenvalue weighted by molar-refractivity contribution is 9.10. The van der Waals surface area contributed by atoms with Crippen molar-refractivity contribution in [3.63, 3.8) is 0 Å². The zero-order valence-electron chi connectivity index (χ0n) is 26.0. The van der Waals surface area contributed by atoms with Crippen LogP contribution in [0.3, 0.4) is 0 Å². The van der Waals surface area contributed by atoms with E-state index in [-0.39, 0.29) is 19.6 Å². The largest absolute Gasteiger partial charge is 0.461 e. The quantitative estimate of drug-likeness (QED) is 0.108. The fraction of sp³-hybridized carbons (Fsp3) is 0.472. The molecule has 3 atom stereocenters. The smallest absolute Gasteiger partial charge is 0.416 e. The SMILES string of the molecule is CC(=O)O[C@H](c1cc(Br)c(CCCCCCCCCCO)o1)[C@H](Cc1ccccc1)C(=O)N1C(=O)OC[C@@H]1Cc1ccccc1. The number of amides is 2. The molecule has 1 aromatic heterocycles. The number of halogens is 1. The monoisotopic (exact) mass is 681 g/mol. The fourth-order valence-electron chi connectivity index (χ4n) is 5.85. The van der Waals surface area contributed by atoms with Crippen molar-refractivity contribution in [3.8, 4) is 0 Å². The van der Waals surface area contributed by atoms with Crippen LogP contribution in [0, 0.1) is 5.92 Å². The second-order valence-electron chi connectivity index (χ2n) is 11.7. The van der Waals surface area contributed by atoms with E-state index in [9.17, 15) is 14.4 Å². The van der Waals surface area contributed by atoms with Crippen molar-refractivity contribution in [2.45, 2.75) is 89.7 Å². The van der Waals surface area contributed by atoms with Gasteiger partial charge in [-0.15, -0.1) is 0 Å². The predicted octanol–water partition coefficient (Wildman–Crippen LogP) is 7.75. The summed E-state index contributed by atoms with van der Waals surface area (Å²) in [4.78, 5) is 41.0. The van der Waals surface area contributed by atoms with E-state index < -0.39 is 36.0 Å². The van der Waals surface area contributed by atoms with E-state index in [2.05, 4.69) is 15.9 Å². The van der Waals surface area contributed by atoms with Crippen LogP contribution in [0.1, 0.15) is 87.0 Å². The molecular weight excluding hydrogens is 638 g/mol. The molecule has 1 fully saturated rings. The molecule has 4 rings (SSSR count). The van der Waals surface area contributed by atoms with Gasteiger partial charge in [-0.05, 0) is 58.8 Å². The Bertz CT molecular complexity index is 1360. The van der Waals surface area contributed by atoms with Crippen LogP contribution >= 0.6 is 15.9 Å². The normalized spacial score (nSPS) is 15.9. The average molecular weight is 683 g/mol. The molecule has 45 heavy (non-hydrogen) atoms. The number of aliphatic hydroxyl groups is 1. The van der Waals surface area contributed by atoms with E-state index in [0.29, 0.717) is 18.6 Å². The summed E-state index contributed by atoms with van der Waals surface area (Å²) in [5, 5.41) is 8.92. The lowest BCUT2D eigenvalue weighted by atomic mass is 9.90. The van der Waals surface area contributed by atoms with Gasteiger partial charge in [0.2, 0.25) is 5.91 Å². The second-order valence-corrected chi connectivity index (χ2v) is 12.5. The molecule has 0 unspecified atom stereocenters. The molecule has 0 saturated carbocycles. The highest BCUT2D eigenvalue weighted by Crippen LogP contribution is 2.37. The maximum absolute atomic E-state index is 14.4. The minimum Gasteiger partial charge on any atom is -0.461 e. The Labute approximate surface area is 274 Å². The summed E-state index contributed by atoms with van der Waals surface area (Å²) in [5.41, 5.74) is 1.85. The van der Waals surface area contributed by atoms with E-state index >= 15 is 0 Å². The molecule has 0 bridgehead atoms. The van der Waals surface area contributed by atoms with E-state index in [4.69, 9.17) is 19.0 Å². The molecule has 3 aromatic rings. The minimum atomic E-state index is -1.05. The van der Waals surface area contributed by atoms with Gasteiger partial charge in [0.15, 0.2) is 6.10 Å². The van der Waals surface area contributed by atoms with Crippen LogP contribution in [-0.2, 0) is 38.3 Å². The number of nitrogens with zero attached hydrogens (tertiary/aromatic N) is 1. The summed E-state index contributed by atoms with van der Waals surface area (Å²) in [6.45, 7) is 1.66. The van der Waals surface area contributed by atoms with Gasteiger partial charge in [0.25, 0.3) is 0 Å². The van der Waals surface area contributed by atoms with Crippen LogP contribution in [0.4, 0.5) is 4.79 Å². The number of carbonyl (C=O) groups is 3. The molecule has 0 radical (unpaired) electrons. The zero-order valence-corrected chi connectivity index (χ0v) is 27.6. The number of hydrogen-bond acceptors (Lipinski definition) is 7. The maximum atomic E-state index is 14.4. The van der Waals surface area contributed by atoms with Crippen LogP contribution < -0.4 is 0 Å². The summed E-state index contributed by atoms with van der Waals surface area (Å²) < 4.78 is 18.3. The molecule has 2 aromatic carbocycles. The number of carbonyl (C=O) groups excluding carboxylic acids is 3. The lowest BCUT2D eigenvalue weighted by Crippen LogP contribution is -2.46. The van der Waals surface area contributed by atoms with Crippen LogP contribution in [-0.4, -0.2) is 47.2 Å². The van der Waals surface area contributed by atoms with Crippen LogP contribution in [0.15, 0.2) is 75.6 Å². The Morgan fingerprint density at radius 3 is 2.16 bits per heavy atom. The Kier molecular flexibility index (Phi) is 13.7. The number of aliphatic hydroxyl groups excluding tert-OH is 1. The summed E-state index contributed by atoms with van der Waals surface area (Å²) in [6, 6.07) is 20.4. The Morgan fingerprint density at radius 2 is 1.53 bits per heavy atom. The van der Waals surface area contributed by atoms with Crippen LogP contribution in [0.2, 0.25) is 0 Å². The summed E-state index contributed by atoms with van der Waals surface area (Å²) in [5.74, 6) is -0.863. The summed E-state index contributed by atoms with van der Waals surface area (Å²) in [7, 11) is 0. The first kappa shape index (κ1) is 34.4. The molecule has 1 aliphatic rings. The van der Waals surface area contributed by atoms with Crippen molar-refractivity contribution in [2.75, 3.05) is 13.2 Å². The van der Waals surface area contributed by atoms with Crippen molar-refractivity contribution >= 4 is 33.9 Å². The Morgan fingerprint density at radius 1 is 0.933 bits per heavy atom. The average Bonchev–Trinajstić information content (AvgIpc) is 3.59. The van der Waals surface area contributed by atoms with E-state index in [1.54, 1.807) is 6.07 Å². The maximum Gasteiger partial charge on any atom is 0.416 e. The third-order valence-corrected chi connectivity index (χ3v) is 8.83. The molecule has 1 saturated heterocycles. The number of benzene rings is 2.